The van der Waals surface area contributed by atoms with Crippen LogP contribution in [-0.4, -0.2) is 33.4 Å². The van der Waals surface area contributed by atoms with E-state index < -0.39 is 12.0 Å². The van der Waals surface area contributed by atoms with E-state index >= 15 is 0 Å². The van der Waals surface area contributed by atoms with Gasteiger partial charge in [-0.05, 0) is 43.2 Å². The molecular formula is C23H30F3N3O. The number of rotatable bonds is 5. The Hall–Kier alpha value is -2.05. The van der Waals surface area contributed by atoms with Crippen LogP contribution in [0.1, 0.15) is 63.6 Å². The molecule has 0 bridgehead atoms. The molecule has 2 aromatic rings. The van der Waals surface area contributed by atoms with Gasteiger partial charge < -0.3 is 9.47 Å². The summed E-state index contributed by atoms with van der Waals surface area (Å²) in [4.78, 5) is 18.3. The third-order valence-electron chi connectivity index (χ3n) is 6.81. The molecule has 0 N–H and O–H groups in total. The van der Waals surface area contributed by atoms with Crippen molar-refractivity contribution < 1.29 is 18.0 Å². The fraction of sp³-hybridized carbons (Fsp3) is 0.652. The lowest BCUT2D eigenvalue weighted by Crippen LogP contribution is -2.39. The molecule has 0 radical (unpaired) electrons. The van der Waals surface area contributed by atoms with Crippen molar-refractivity contribution in [1.82, 2.24) is 14.5 Å². The molecule has 1 aromatic carbocycles. The minimum absolute atomic E-state index is 0.117. The number of likely N-dealkylation sites (tertiary alicyclic amines) is 1. The average molecular weight is 422 g/mol. The van der Waals surface area contributed by atoms with Crippen LogP contribution in [0, 0.1) is 11.8 Å². The molecule has 1 saturated carbocycles. The zero-order valence-electron chi connectivity index (χ0n) is 17.3. The number of hydrogen-bond donors (Lipinski definition) is 0. The number of halogens is 3. The second-order valence-electron chi connectivity index (χ2n) is 8.90. The number of para-hydroxylation sites is 2. The van der Waals surface area contributed by atoms with Gasteiger partial charge in [-0.3, -0.25) is 4.79 Å². The van der Waals surface area contributed by atoms with E-state index in [1.54, 1.807) is 24.3 Å². The maximum absolute atomic E-state index is 13.5. The van der Waals surface area contributed by atoms with Gasteiger partial charge in [-0.25, -0.2) is 4.98 Å². The first-order valence-electron chi connectivity index (χ1n) is 11.2. The number of carbonyl (C=O) groups excluding carboxylic acids is 1. The molecule has 30 heavy (non-hydrogen) atoms. The number of nitrogens with zero attached hydrogens (tertiary/aromatic N) is 3. The lowest BCUT2D eigenvalue weighted by atomic mass is 9.86. The van der Waals surface area contributed by atoms with Crippen molar-refractivity contribution in [2.45, 2.75) is 70.5 Å². The number of benzene rings is 1. The molecule has 7 heteroatoms. The van der Waals surface area contributed by atoms with Crippen LogP contribution in [0.15, 0.2) is 24.3 Å². The molecule has 2 heterocycles. The van der Waals surface area contributed by atoms with Crippen molar-refractivity contribution in [2.24, 2.45) is 11.8 Å². The number of hydrogen-bond acceptors (Lipinski definition) is 2. The molecule has 4 nitrogen and oxygen atoms in total. The standard InChI is InChI=1S/C23H30F3N3O/c24-23(25,26)22-27-19-8-4-5-9-20(19)29(22)16-18-12-14-28(15-13-18)21(30)11-10-17-6-2-1-3-7-17/h4-5,8-9,17-18H,1-3,6-7,10-16H2. The van der Waals surface area contributed by atoms with Gasteiger partial charge in [0.1, 0.15) is 0 Å². The number of amides is 1. The summed E-state index contributed by atoms with van der Waals surface area (Å²) >= 11 is 0. The lowest BCUT2D eigenvalue weighted by Gasteiger charge is -2.33. The smallest absolute Gasteiger partial charge is 0.343 e. The number of aromatic nitrogens is 2. The van der Waals surface area contributed by atoms with Crippen LogP contribution < -0.4 is 0 Å². The lowest BCUT2D eigenvalue weighted by molar-refractivity contribution is -0.147. The summed E-state index contributed by atoms with van der Waals surface area (Å²) in [5.41, 5.74) is 0.899. The molecule has 1 aliphatic heterocycles. The minimum Gasteiger partial charge on any atom is -0.343 e. The van der Waals surface area contributed by atoms with E-state index in [-0.39, 0.29) is 11.8 Å². The Bertz CT molecular complexity index is 862. The van der Waals surface area contributed by atoms with Crippen LogP contribution >= 0.6 is 0 Å². The Balaban J connectivity index is 1.34. The summed E-state index contributed by atoms with van der Waals surface area (Å²) in [5.74, 6) is 0.194. The summed E-state index contributed by atoms with van der Waals surface area (Å²) < 4.78 is 41.9. The highest BCUT2D eigenvalue weighted by molar-refractivity contribution is 5.76. The Labute approximate surface area is 175 Å². The molecule has 2 fully saturated rings. The van der Waals surface area contributed by atoms with Crippen molar-refractivity contribution in [1.29, 1.82) is 0 Å². The Morgan fingerprint density at radius 3 is 2.40 bits per heavy atom. The number of imidazole rings is 1. The van der Waals surface area contributed by atoms with Crippen LogP contribution in [-0.2, 0) is 17.5 Å². The fourth-order valence-corrected chi connectivity index (χ4v) is 5.06. The molecule has 4 rings (SSSR count). The van der Waals surface area contributed by atoms with Crippen LogP contribution in [0.4, 0.5) is 13.2 Å². The Morgan fingerprint density at radius 1 is 1.00 bits per heavy atom. The van der Waals surface area contributed by atoms with Crippen molar-refractivity contribution in [3.8, 4) is 0 Å². The fourth-order valence-electron chi connectivity index (χ4n) is 5.06. The van der Waals surface area contributed by atoms with Gasteiger partial charge >= 0.3 is 6.18 Å². The molecule has 2 aliphatic rings. The summed E-state index contributed by atoms with van der Waals surface area (Å²) in [6, 6.07) is 6.77. The predicted octanol–water partition coefficient (Wildman–Crippen LogP) is 5.65. The summed E-state index contributed by atoms with van der Waals surface area (Å²) in [5, 5.41) is 0. The van der Waals surface area contributed by atoms with E-state index in [9.17, 15) is 18.0 Å². The Kier molecular flexibility index (Phi) is 6.34. The van der Waals surface area contributed by atoms with Crippen molar-refractivity contribution in [2.75, 3.05) is 13.1 Å². The first-order valence-corrected chi connectivity index (χ1v) is 11.2. The monoisotopic (exact) mass is 421 g/mol. The van der Waals surface area contributed by atoms with Gasteiger partial charge in [0.2, 0.25) is 11.7 Å². The van der Waals surface area contributed by atoms with E-state index in [1.165, 1.54) is 36.7 Å². The van der Waals surface area contributed by atoms with E-state index in [0.717, 1.165) is 19.3 Å². The molecule has 0 spiro atoms. The van der Waals surface area contributed by atoms with Gasteiger partial charge in [-0.1, -0.05) is 44.2 Å². The van der Waals surface area contributed by atoms with Crippen molar-refractivity contribution in [3.05, 3.63) is 30.1 Å². The second kappa shape index (κ2) is 8.98. The van der Waals surface area contributed by atoms with E-state index in [0.29, 0.717) is 43.0 Å². The number of piperidine rings is 1. The SMILES string of the molecule is O=C(CCC1CCCCC1)N1CCC(Cn2c(C(F)(F)F)nc3ccccc32)CC1. The number of carbonyl (C=O) groups is 1. The second-order valence-corrected chi connectivity index (χ2v) is 8.90. The third-order valence-corrected chi connectivity index (χ3v) is 6.81. The normalized spacial score (nSPS) is 19.5. The highest BCUT2D eigenvalue weighted by atomic mass is 19.4. The van der Waals surface area contributed by atoms with Crippen LogP contribution in [0.5, 0.6) is 0 Å². The molecule has 0 unspecified atom stereocenters. The van der Waals surface area contributed by atoms with Gasteiger partial charge in [0.25, 0.3) is 0 Å². The van der Waals surface area contributed by atoms with E-state index in [2.05, 4.69) is 4.98 Å². The first kappa shape index (κ1) is 21.2. The summed E-state index contributed by atoms with van der Waals surface area (Å²) in [6.45, 7) is 1.57. The highest BCUT2D eigenvalue weighted by Crippen LogP contribution is 2.33. The third kappa shape index (κ3) is 4.81. The maximum Gasteiger partial charge on any atom is 0.449 e. The topological polar surface area (TPSA) is 38.1 Å². The quantitative estimate of drug-likeness (QED) is 0.625. The minimum atomic E-state index is -4.48. The van der Waals surface area contributed by atoms with Gasteiger partial charge in [0.05, 0.1) is 11.0 Å². The predicted molar refractivity (Wildman–Crippen MR) is 110 cm³/mol. The molecule has 1 aliphatic carbocycles. The summed E-state index contributed by atoms with van der Waals surface area (Å²) in [6.07, 6.45) is 4.97. The zero-order valence-corrected chi connectivity index (χ0v) is 17.3. The first-order chi connectivity index (χ1) is 14.4. The van der Waals surface area contributed by atoms with Gasteiger partial charge in [-0.2, -0.15) is 13.2 Å². The Morgan fingerprint density at radius 2 is 1.70 bits per heavy atom. The van der Waals surface area contributed by atoms with E-state index in [4.69, 9.17) is 0 Å². The zero-order chi connectivity index (χ0) is 21.1. The van der Waals surface area contributed by atoms with Crippen molar-refractivity contribution >= 4 is 16.9 Å². The average Bonchev–Trinajstić information content (AvgIpc) is 3.12. The number of alkyl halides is 3. The largest absolute Gasteiger partial charge is 0.449 e. The summed E-state index contributed by atoms with van der Waals surface area (Å²) in [7, 11) is 0. The van der Waals surface area contributed by atoms with Crippen LogP contribution in [0.2, 0.25) is 0 Å². The highest BCUT2D eigenvalue weighted by Gasteiger charge is 2.38. The van der Waals surface area contributed by atoms with Crippen LogP contribution in [0.3, 0.4) is 0 Å². The molecule has 164 valence electrons. The van der Waals surface area contributed by atoms with Crippen molar-refractivity contribution in [3.63, 3.8) is 0 Å². The molecular weight excluding hydrogens is 391 g/mol. The van der Waals surface area contributed by atoms with Gasteiger partial charge in [0, 0.05) is 26.1 Å². The number of fused-ring (bicyclic) bond motifs is 1. The molecule has 0 atom stereocenters. The van der Waals surface area contributed by atoms with E-state index in [1.807, 2.05) is 4.90 Å². The molecule has 1 amide bonds. The molecule has 1 saturated heterocycles. The van der Waals surface area contributed by atoms with Gasteiger partial charge in [-0.15, -0.1) is 0 Å². The maximum atomic E-state index is 13.5. The van der Waals surface area contributed by atoms with Gasteiger partial charge in [0.15, 0.2) is 0 Å². The molecule has 1 aromatic heterocycles. The van der Waals surface area contributed by atoms with Crippen LogP contribution in [0.25, 0.3) is 11.0 Å².